The van der Waals surface area contributed by atoms with Crippen LogP contribution in [0.1, 0.15) is 5.56 Å². The number of nitrogens with zero attached hydrogens (tertiary/aromatic N) is 2. The van der Waals surface area contributed by atoms with Crippen molar-refractivity contribution in [2.45, 2.75) is 6.54 Å². The molecule has 0 bridgehead atoms. The van der Waals surface area contributed by atoms with E-state index in [-0.39, 0.29) is 5.82 Å². The number of pyridine rings is 1. The van der Waals surface area contributed by atoms with Crippen molar-refractivity contribution in [1.29, 1.82) is 0 Å². The zero-order valence-corrected chi connectivity index (χ0v) is 9.10. The molecule has 1 heterocycles. The number of aromatic nitrogens is 1. The minimum absolute atomic E-state index is 0.291. The van der Waals surface area contributed by atoms with E-state index < -0.39 is 0 Å². The van der Waals surface area contributed by atoms with E-state index in [1.54, 1.807) is 17.2 Å². The van der Waals surface area contributed by atoms with Gasteiger partial charge in [0.05, 0.1) is 0 Å². The molecule has 2 nitrogen and oxygen atoms in total. The van der Waals surface area contributed by atoms with Crippen molar-refractivity contribution in [2.24, 2.45) is 0 Å². The Labute approximate surface area is 94.4 Å². The number of anilines is 1. The second kappa shape index (κ2) is 4.75. The molecule has 82 valence electrons. The lowest BCUT2D eigenvalue weighted by molar-refractivity contribution is 0.615. The van der Waals surface area contributed by atoms with Crippen molar-refractivity contribution in [3.63, 3.8) is 0 Å². The number of benzene rings is 1. The van der Waals surface area contributed by atoms with Gasteiger partial charge in [-0.05, 0) is 17.7 Å². The van der Waals surface area contributed by atoms with Crippen molar-refractivity contribution < 1.29 is 4.39 Å². The van der Waals surface area contributed by atoms with Crippen molar-refractivity contribution in [1.82, 2.24) is 4.98 Å². The summed E-state index contributed by atoms with van der Waals surface area (Å²) >= 11 is 0. The third kappa shape index (κ3) is 2.37. The Hall–Kier alpha value is -1.90. The van der Waals surface area contributed by atoms with Crippen LogP contribution in [0, 0.1) is 5.82 Å². The Morgan fingerprint density at radius 3 is 2.56 bits per heavy atom. The van der Waals surface area contributed by atoms with Gasteiger partial charge in [0.15, 0.2) is 11.6 Å². The fourth-order valence-electron chi connectivity index (χ4n) is 1.59. The first-order chi connectivity index (χ1) is 7.77. The van der Waals surface area contributed by atoms with Crippen LogP contribution < -0.4 is 4.90 Å². The van der Waals surface area contributed by atoms with Crippen molar-refractivity contribution in [3.05, 3.63) is 60.0 Å². The highest BCUT2D eigenvalue weighted by molar-refractivity contribution is 5.39. The minimum Gasteiger partial charge on any atom is -0.353 e. The molecule has 0 radical (unpaired) electrons. The summed E-state index contributed by atoms with van der Waals surface area (Å²) in [5.41, 5.74) is 1.13. The third-order valence-electron chi connectivity index (χ3n) is 2.36. The second-order valence-corrected chi connectivity index (χ2v) is 3.65. The van der Waals surface area contributed by atoms with Crippen LogP contribution in [-0.4, -0.2) is 12.0 Å². The first kappa shape index (κ1) is 10.6. The Bertz CT molecular complexity index is 456. The van der Waals surface area contributed by atoms with Gasteiger partial charge in [-0.15, -0.1) is 0 Å². The summed E-state index contributed by atoms with van der Waals surface area (Å²) in [6.07, 6.45) is 1.60. The van der Waals surface area contributed by atoms with Crippen molar-refractivity contribution >= 4 is 5.82 Å². The van der Waals surface area contributed by atoms with E-state index in [9.17, 15) is 4.39 Å². The molecule has 0 unspecified atom stereocenters. The quantitative estimate of drug-likeness (QED) is 0.784. The van der Waals surface area contributed by atoms with Gasteiger partial charge < -0.3 is 4.90 Å². The number of rotatable bonds is 3. The highest BCUT2D eigenvalue weighted by atomic mass is 19.1. The average molecular weight is 216 g/mol. The smallest absolute Gasteiger partial charge is 0.165 e. The molecule has 0 saturated carbocycles. The van der Waals surface area contributed by atoms with Crippen LogP contribution in [0.5, 0.6) is 0 Å². The summed E-state index contributed by atoms with van der Waals surface area (Å²) in [7, 11) is 1.83. The van der Waals surface area contributed by atoms with Crippen LogP contribution >= 0.6 is 0 Å². The molecule has 3 heteroatoms. The number of hydrogen-bond acceptors (Lipinski definition) is 2. The van der Waals surface area contributed by atoms with Crippen LogP contribution in [0.4, 0.5) is 10.2 Å². The largest absolute Gasteiger partial charge is 0.353 e. The van der Waals surface area contributed by atoms with E-state index in [4.69, 9.17) is 0 Å². The molecule has 0 aliphatic carbocycles. The fourth-order valence-corrected chi connectivity index (χ4v) is 1.59. The fraction of sp³-hybridized carbons (Fsp3) is 0.154. The SMILES string of the molecule is CN(Cc1ccccc1)c1ncccc1F. The Morgan fingerprint density at radius 2 is 1.88 bits per heavy atom. The maximum absolute atomic E-state index is 13.4. The molecular formula is C13H13FN2. The molecular weight excluding hydrogens is 203 g/mol. The lowest BCUT2D eigenvalue weighted by Crippen LogP contribution is -2.18. The highest BCUT2D eigenvalue weighted by Crippen LogP contribution is 2.15. The Balaban J connectivity index is 2.15. The van der Waals surface area contributed by atoms with Gasteiger partial charge in [0.2, 0.25) is 0 Å². The lowest BCUT2D eigenvalue weighted by atomic mass is 10.2. The van der Waals surface area contributed by atoms with Gasteiger partial charge in [-0.25, -0.2) is 9.37 Å². The van der Waals surface area contributed by atoms with Crippen LogP contribution in [0.15, 0.2) is 48.7 Å². The maximum Gasteiger partial charge on any atom is 0.165 e. The molecule has 2 rings (SSSR count). The summed E-state index contributed by atoms with van der Waals surface area (Å²) in [4.78, 5) is 5.82. The molecule has 1 aromatic heterocycles. The van der Waals surface area contributed by atoms with Gasteiger partial charge in [0, 0.05) is 19.8 Å². The minimum atomic E-state index is -0.291. The van der Waals surface area contributed by atoms with Crippen LogP contribution in [0.25, 0.3) is 0 Å². The van der Waals surface area contributed by atoms with E-state index in [1.807, 2.05) is 37.4 Å². The summed E-state index contributed by atoms with van der Waals surface area (Å²) < 4.78 is 13.4. The molecule has 0 N–H and O–H groups in total. The molecule has 16 heavy (non-hydrogen) atoms. The van der Waals surface area contributed by atoms with Crippen LogP contribution in [0.2, 0.25) is 0 Å². The Morgan fingerprint density at radius 1 is 1.12 bits per heavy atom. The number of halogens is 1. The summed E-state index contributed by atoms with van der Waals surface area (Å²) in [6, 6.07) is 12.9. The second-order valence-electron chi connectivity index (χ2n) is 3.65. The van der Waals surface area contributed by atoms with Gasteiger partial charge in [0.25, 0.3) is 0 Å². The van der Waals surface area contributed by atoms with E-state index in [0.29, 0.717) is 12.4 Å². The zero-order valence-electron chi connectivity index (χ0n) is 9.10. The number of hydrogen-bond donors (Lipinski definition) is 0. The molecule has 2 aromatic rings. The van der Waals surface area contributed by atoms with Crippen LogP contribution in [-0.2, 0) is 6.54 Å². The van der Waals surface area contributed by atoms with E-state index in [1.165, 1.54) is 6.07 Å². The van der Waals surface area contributed by atoms with E-state index >= 15 is 0 Å². The van der Waals surface area contributed by atoms with E-state index in [2.05, 4.69) is 4.98 Å². The predicted octanol–water partition coefficient (Wildman–Crippen LogP) is 2.86. The molecule has 0 atom stereocenters. The summed E-state index contributed by atoms with van der Waals surface area (Å²) in [5, 5.41) is 0. The van der Waals surface area contributed by atoms with Gasteiger partial charge in [-0.2, -0.15) is 0 Å². The van der Waals surface area contributed by atoms with Gasteiger partial charge in [-0.3, -0.25) is 0 Å². The van der Waals surface area contributed by atoms with E-state index in [0.717, 1.165) is 5.56 Å². The van der Waals surface area contributed by atoms with Crippen LogP contribution in [0.3, 0.4) is 0 Å². The first-order valence-corrected chi connectivity index (χ1v) is 5.13. The van der Waals surface area contributed by atoms with Gasteiger partial charge >= 0.3 is 0 Å². The van der Waals surface area contributed by atoms with Gasteiger partial charge in [0.1, 0.15) is 0 Å². The summed E-state index contributed by atoms with van der Waals surface area (Å²) in [6.45, 7) is 0.648. The monoisotopic (exact) mass is 216 g/mol. The standard InChI is InChI=1S/C13H13FN2/c1-16(10-11-6-3-2-4-7-11)13-12(14)8-5-9-15-13/h2-9H,10H2,1H3. The summed E-state index contributed by atoms with van der Waals surface area (Å²) in [5.74, 6) is 0.0901. The first-order valence-electron chi connectivity index (χ1n) is 5.13. The maximum atomic E-state index is 13.4. The molecule has 0 saturated heterocycles. The highest BCUT2D eigenvalue weighted by Gasteiger charge is 2.08. The van der Waals surface area contributed by atoms with Gasteiger partial charge in [-0.1, -0.05) is 30.3 Å². The molecule has 0 aliphatic rings. The molecule has 0 aliphatic heterocycles. The molecule has 0 spiro atoms. The van der Waals surface area contributed by atoms with Crippen molar-refractivity contribution in [3.8, 4) is 0 Å². The molecule has 0 fully saturated rings. The third-order valence-corrected chi connectivity index (χ3v) is 2.36. The lowest BCUT2D eigenvalue weighted by Gasteiger charge is -2.18. The zero-order chi connectivity index (χ0) is 11.4. The predicted molar refractivity (Wildman–Crippen MR) is 62.7 cm³/mol. The molecule has 0 amide bonds. The normalized spacial score (nSPS) is 10.1. The topological polar surface area (TPSA) is 16.1 Å². The average Bonchev–Trinajstić information content (AvgIpc) is 2.31. The van der Waals surface area contributed by atoms with Crippen molar-refractivity contribution in [2.75, 3.05) is 11.9 Å². The Kier molecular flexibility index (Phi) is 3.15. The molecule has 1 aromatic carbocycles.